The number of carbonyl (C=O) groups is 1. The van der Waals surface area contributed by atoms with Crippen LogP contribution in [0, 0.1) is 5.82 Å². The first-order valence-corrected chi connectivity index (χ1v) is 11.7. The molecule has 0 aliphatic rings. The number of anilines is 3. The largest absolute Gasteiger partial charge is 0.469 e. The number of hydrogen-bond acceptors (Lipinski definition) is 7. The van der Waals surface area contributed by atoms with E-state index < -0.39 is 18.8 Å². The van der Waals surface area contributed by atoms with Crippen LogP contribution in [0.3, 0.4) is 0 Å². The third-order valence-corrected chi connectivity index (χ3v) is 5.40. The quantitative estimate of drug-likeness (QED) is 0.329. The lowest BCUT2D eigenvalue weighted by Crippen LogP contribution is -2.27. The minimum Gasteiger partial charge on any atom is -0.469 e. The molecule has 12 heteroatoms. The van der Waals surface area contributed by atoms with Crippen LogP contribution in [0.1, 0.15) is 20.3 Å². The molecule has 0 saturated carbocycles. The van der Waals surface area contributed by atoms with Crippen LogP contribution in [-0.4, -0.2) is 58.7 Å². The lowest BCUT2D eigenvalue weighted by atomic mass is 10.1. The summed E-state index contributed by atoms with van der Waals surface area (Å²) in [5.74, 6) is -0.692. The highest BCUT2D eigenvalue weighted by molar-refractivity contribution is 6.30. The predicted molar refractivity (Wildman–Crippen MR) is 132 cm³/mol. The second kappa shape index (κ2) is 13.0. The number of rotatable bonds is 12. The molecule has 0 atom stereocenters. The van der Waals surface area contributed by atoms with Crippen LogP contribution in [0.4, 0.5) is 30.4 Å². The highest BCUT2D eigenvalue weighted by Gasteiger charge is 2.16. The molecule has 0 aliphatic carbocycles. The van der Waals surface area contributed by atoms with Gasteiger partial charge in [-0.25, -0.2) is 18.2 Å². The first-order valence-electron chi connectivity index (χ1n) is 11.3. The molecule has 0 saturated heterocycles. The number of halogens is 4. The lowest BCUT2D eigenvalue weighted by molar-refractivity contribution is -0.116. The van der Waals surface area contributed by atoms with Crippen molar-refractivity contribution in [2.45, 2.75) is 26.7 Å². The van der Waals surface area contributed by atoms with Crippen LogP contribution in [0.2, 0.25) is 5.02 Å². The van der Waals surface area contributed by atoms with Crippen molar-refractivity contribution in [2.75, 3.05) is 36.9 Å². The highest BCUT2D eigenvalue weighted by Crippen LogP contribution is 2.32. The molecule has 2 aromatic heterocycles. The van der Waals surface area contributed by atoms with Crippen LogP contribution in [-0.2, 0) is 4.79 Å². The van der Waals surface area contributed by atoms with Crippen molar-refractivity contribution in [3.63, 3.8) is 0 Å². The van der Waals surface area contributed by atoms with Gasteiger partial charge in [-0.15, -0.1) is 10.2 Å². The molecular weight excluding hydrogens is 497 g/mol. The molecule has 0 aliphatic heterocycles. The van der Waals surface area contributed by atoms with Gasteiger partial charge in [-0.05, 0) is 43.4 Å². The Morgan fingerprint density at radius 3 is 2.64 bits per heavy atom. The van der Waals surface area contributed by atoms with Crippen molar-refractivity contribution in [3.05, 3.63) is 53.4 Å². The van der Waals surface area contributed by atoms with Crippen LogP contribution in [0.15, 0.2) is 42.6 Å². The maximum absolute atomic E-state index is 14.4. The van der Waals surface area contributed by atoms with Gasteiger partial charge in [0.1, 0.15) is 17.3 Å². The monoisotopic (exact) mass is 522 g/mol. The summed E-state index contributed by atoms with van der Waals surface area (Å²) < 4.78 is 44.9. The number of aromatic nitrogens is 3. The molecule has 36 heavy (non-hydrogen) atoms. The SMILES string of the molecule is CCN(CC)CCC(=O)Nc1cc(Nc2cc(-c3cc(Cl)ccc3F)nnc2OCC(F)F)ccn1. The van der Waals surface area contributed by atoms with E-state index >= 15 is 0 Å². The maximum Gasteiger partial charge on any atom is 0.272 e. The van der Waals surface area contributed by atoms with Gasteiger partial charge >= 0.3 is 0 Å². The minimum absolute atomic E-state index is 0.0781. The number of benzene rings is 1. The Labute approximate surface area is 211 Å². The third kappa shape index (κ3) is 7.79. The molecule has 192 valence electrons. The molecule has 8 nitrogen and oxygen atoms in total. The molecule has 3 aromatic rings. The summed E-state index contributed by atoms with van der Waals surface area (Å²) in [5, 5.41) is 13.8. The molecule has 1 aromatic carbocycles. The second-order valence-corrected chi connectivity index (χ2v) is 8.09. The minimum atomic E-state index is -2.73. The number of nitrogens with zero attached hydrogens (tertiary/aromatic N) is 4. The van der Waals surface area contributed by atoms with E-state index in [4.69, 9.17) is 16.3 Å². The van der Waals surface area contributed by atoms with Crippen molar-refractivity contribution >= 4 is 34.7 Å². The maximum atomic E-state index is 14.4. The summed E-state index contributed by atoms with van der Waals surface area (Å²) in [6.07, 6.45) is -0.965. The number of amides is 1. The number of carbonyl (C=O) groups excluding carboxylic acids is 1. The molecule has 0 unspecified atom stereocenters. The van der Waals surface area contributed by atoms with E-state index in [1.165, 1.54) is 30.5 Å². The molecule has 0 spiro atoms. The summed E-state index contributed by atoms with van der Waals surface area (Å²) in [5.41, 5.74) is 0.803. The average Bonchev–Trinajstić information content (AvgIpc) is 2.85. The number of ether oxygens (including phenoxy) is 1. The Kier molecular flexibility index (Phi) is 9.83. The van der Waals surface area contributed by atoms with Crippen LogP contribution < -0.4 is 15.4 Å². The molecule has 3 rings (SSSR count). The summed E-state index contributed by atoms with van der Waals surface area (Å²) in [4.78, 5) is 18.6. The van der Waals surface area contributed by atoms with Crippen molar-refractivity contribution in [3.8, 4) is 17.1 Å². The zero-order valence-corrected chi connectivity index (χ0v) is 20.5. The van der Waals surface area contributed by atoms with E-state index in [1.807, 2.05) is 13.8 Å². The van der Waals surface area contributed by atoms with Crippen LogP contribution >= 0.6 is 11.6 Å². The Hall–Kier alpha value is -3.44. The number of nitrogens with one attached hydrogen (secondary N) is 2. The van der Waals surface area contributed by atoms with Gasteiger partial charge in [0.15, 0.2) is 6.61 Å². The first kappa shape index (κ1) is 27.2. The molecule has 0 bridgehead atoms. The predicted octanol–water partition coefficient (Wildman–Crippen LogP) is 5.39. The Balaban J connectivity index is 1.83. The van der Waals surface area contributed by atoms with Gasteiger partial charge in [0.2, 0.25) is 5.91 Å². The van der Waals surface area contributed by atoms with E-state index in [2.05, 4.69) is 30.7 Å². The Morgan fingerprint density at radius 2 is 1.92 bits per heavy atom. The summed E-state index contributed by atoms with van der Waals surface area (Å²) in [6.45, 7) is 5.46. The fourth-order valence-electron chi connectivity index (χ4n) is 3.28. The van der Waals surface area contributed by atoms with Gasteiger partial charge in [0.05, 0.1) is 5.69 Å². The molecular formula is C24H26ClF3N6O2. The average molecular weight is 523 g/mol. The van der Waals surface area contributed by atoms with Crippen molar-refractivity contribution in [1.82, 2.24) is 20.1 Å². The molecule has 2 heterocycles. The van der Waals surface area contributed by atoms with E-state index in [0.717, 1.165) is 13.1 Å². The lowest BCUT2D eigenvalue weighted by Gasteiger charge is -2.17. The van der Waals surface area contributed by atoms with E-state index in [-0.39, 0.29) is 33.8 Å². The zero-order chi connectivity index (χ0) is 26.1. The second-order valence-electron chi connectivity index (χ2n) is 7.65. The normalized spacial score (nSPS) is 11.1. The van der Waals surface area contributed by atoms with Crippen molar-refractivity contribution in [1.29, 1.82) is 0 Å². The van der Waals surface area contributed by atoms with Gasteiger partial charge in [-0.2, -0.15) is 0 Å². The Morgan fingerprint density at radius 1 is 1.14 bits per heavy atom. The van der Waals surface area contributed by atoms with Gasteiger partial charge in [-0.1, -0.05) is 25.4 Å². The number of pyridine rings is 1. The summed E-state index contributed by atoms with van der Waals surface area (Å²) in [7, 11) is 0. The van der Waals surface area contributed by atoms with Crippen LogP contribution in [0.25, 0.3) is 11.3 Å². The summed E-state index contributed by atoms with van der Waals surface area (Å²) in [6, 6.07) is 8.52. The zero-order valence-electron chi connectivity index (χ0n) is 19.8. The molecule has 2 N–H and O–H groups in total. The third-order valence-electron chi connectivity index (χ3n) is 5.17. The molecule has 1 amide bonds. The Bertz CT molecular complexity index is 1180. The number of alkyl halides is 2. The van der Waals surface area contributed by atoms with Gasteiger partial charge < -0.3 is 20.3 Å². The smallest absolute Gasteiger partial charge is 0.272 e. The van der Waals surface area contributed by atoms with Crippen LogP contribution in [0.5, 0.6) is 5.88 Å². The van der Waals surface area contributed by atoms with E-state index in [9.17, 15) is 18.0 Å². The topological polar surface area (TPSA) is 92.3 Å². The van der Waals surface area contributed by atoms with Crippen molar-refractivity contribution < 1.29 is 22.7 Å². The van der Waals surface area contributed by atoms with E-state index in [1.54, 1.807) is 12.1 Å². The summed E-state index contributed by atoms with van der Waals surface area (Å²) >= 11 is 5.98. The first-order chi connectivity index (χ1) is 17.3. The molecule has 0 radical (unpaired) electrons. The van der Waals surface area contributed by atoms with Gasteiger partial charge in [-0.3, -0.25) is 4.79 Å². The van der Waals surface area contributed by atoms with Crippen molar-refractivity contribution in [2.24, 2.45) is 0 Å². The fraction of sp³-hybridized carbons (Fsp3) is 0.333. The standard InChI is InChI=1S/C24H26ClF3N6O2/c1-3-34(4-2)10-8-23(35)31-22-12-16(7-9-29-22)30-20-13-19(17-11-15(25)5-6-18(17)26)32-33-24(20)36-14-21(27)28/h5-7,9,11-13,21H,3-4,8,10,14H2,1-2H3,(H2,29,30,31,32,35). The molecule has 0 fully saturated rings. The highest BCUT2D eigenvalue weighted by atomic mass is 35.5. The fourth-order valence-corrected chi connectivity index (χ4v) is 3.45. The van der Waals surface area contributed by atoms with Gasteiger partial charge in [0, 0.05) is 41.5 Å². The van der Waals surface area contributed by atoms with Gasteiger partial charge in [0.25, 0.3) is 12.3 Å². The van der Waals surface area contributed by atoms with E-state index in [0.29, 0.717) is 24.5 Å². The number of hydrogen-bond donors (Lipinski definition) is 2.